The molecule has 0 unspecified atom stereocenters. The van der Waals surface area contributed by atoms with Gasteiger partial charge < -0.3 is 10.1 Å². The van der Waals surface area contributed by atoms with Gasteiger partial charge in [-0.3, -0.25) is 4.79 Å². The quantitative estimate of drug-likeness (QED) is 0.345. The highest BCUT2D eigenvalue weighted by atomic mass is 19.2. The molecule has 0 radical (unpaired) electrons. The third-order valence-corrected chi connectivity index (χ3v) is 5.39. The number of esters is 1. The van der Waals surface area contributed by atoms with Crippen LogP contribution in [-0.2, 0) is 22.4 Å². The molecule has 2 aromatic carbocycles. The van der Waals surface area contributed by atoms with Crippen molar-refractivity contribution < 1.29 is 31.9 Å². The zero-order valence-electron chi connectivity index (χ0n) is 17.5. The molecule has 0 spiro atoms. The molecule has 0 fully saturated rings. The minimum absolute atomic E-state index is 0.0349. The van der Waals surface area contributed by atoms with E-state index in [1.165, 1.54) is 19.1 Å². The van der Waals surface area contributed by atoms with Crippen LogP contribution in [0, 0.1) is 23.3 Å². The average Bonchev–Trinajstić information content (AvgIpc) is 3.20. The number of nitrogens with one attached hydrogen (secondary N) is 1. The SMILES string of the molecule is C[C@H](OC(=O)c1nn(-c2ccc(F)cc2)c2c1CCCC2)C(=O)Nc1ccc(F)c(F)c1F. The molecular weight excluding hydrogens is 442 g/mol. The summed E-state index contributed by atoms with van der Waals surface area (Å²) in [4.78, 5) is 25.2. The number of benzene rings is 2. The van der Waals surface area contributed by atoms with Crippen LogP contribution in [0.5, 0.6) is 0 Å². The zero-order valence-corrected chi connectivity index (χ0v) is 17.5. The van der Waals surface area contributed by atoms with Gasteiger partial charge in [0, 0.05) is 11.3 Å². The Morgan fingerprint density at radius 2 is 1.70 bits per heavy atom. The van der Waals surface area contributed by atoms with Gasteiger partial charge in [0.2, 0.25) is 0 Å². The molecule has 1 N–H and O–H groups in total. The van der Waals surface area contributed by atoms with Crippen molar-refractivity contribution in [2.45, 2.75) is 38.7 Å². The van der Waals surface area contributed by atoms with Gasteiger partial charge in [-0.1, -0.05) is 0 Å². The lowest BCUT2D eigenvalue weighted by molar-refractivity contribution is -0.123. The number of anilines is 1. The minimum atomic E-state index is -1.73. The summed E-state index contributed by atoms with van der Waals surface area (Å²) in [6.07, 6.45) is 1.61. The first-order valence-electron chi connectivity index (χ1n) is 10.3. The van der Waals surface area contributed by atoms with E-state index < -0.39 is 46.9 Å². The summed E-state index contributed by atoms with van der Waals surface area (Å²) in [7, 11) is 0. The minimum Gasteiger partial charge on any atom is -0.448 e. The maximum Gasteiger partial charge on any atom is 0.359 e. The molecule has 1 atom stereocenters. The average molecular weight is 461 g/mol. The van der Waals surface area contributed by atoms with Crippen molar-refractivity contribution in [1.82, 2.24) is 9.78 Å². The van der Waals surface area contributed by atoms with Gasteiger partial charge in [0.1, 0.15) is 5.82 Å². The van der Waals surface area contributed by atoms with E-state index in [0.717, 1.165) is 24.6 Å². The van der Waals surface area contributed by atoms with Crippen molar-refractivity contribution >= 4 is 17.6 Å². The Morgan fingerprint density at radius 1 is 1.00 bits per heavy atom. The van der Waals surface area contributed by atoms with Crippen molar-refractivity contribution in [2.75, 3.05) is 5.32 Å². The third kappa shape index (κ3) is 4.46. The summed E-state index contributed by atoms with van der Waals surface area (Å²) in [6.45, 7) is 1.26. The van der Waals surface area contributed by atoms with E-state index in [-0.39, 0.29) is 5.69 Å². The van der Waals surface area contributed by atoms with Crippen LogP contribution in [0.3, 0.4) is 0 Å². The molecule has 1 aromatic heterocycles. The number of hydrogen-bond acceptors (Lipinski definition) is 4. The molecule has 0 saturated carbocycles. The van der Waals surface area contributed by atoms with Crippen LogP contribution >= 0.6 is 0 Å². The fourth-order valence-electron chi connectivity index (χ4n) is 3.69. The summed E-state index contributed by atoms with van der Waals surface area (Å²) < 4.78 is 60.4. The Hall–Kier alpha value is -3.69. The second kappa shape index (κ2) is 9.05. The molecule has 3 aromatic rings. The summed E-state index contributed by atoms with van der Waals surface area (Å²) >= 11 is 0. The highest BCUT2D eigenvalue weighted by molar-refractivity contribution is 5.97. The summed E-state index contributed by atoms with van der Waals surface area (Å²) in [6, 6.07) is 7.18. The zero-order chi connectivity index (χ0) is 23.7. The molecule has 0 saturated heterocycles. The topological polar surface area (TPSA) is 73.2 Å². The fraction of sp³-hybridized carbons (Fsp3) is 0.261. The third-order valence-electron chi connectivity index (χ3n) is 5.39. The first kappa shape index (κ1) is 22.5. The van der Waals surface area contributed by atoms with E-state index in [9.17, 15) is 27.2 Å². The number of hydrogen-bond donors (Lipinski definition) is 1. The van der Waals surface area contributed by atoms with Crippen LogP contribution in [0.4, 0.5) is 23.2 Å². The second-order valence-corrected chi connectivity index (χ2v) is 7.63. The number of rotatable bonds is 5. The lowest BCUT2D eigenvalue weighted by Gasteiger charge is -2.15. The number of amides is 1. The first-order chi connectivity index (χ1) is 15.8. The molecule has 1 aliphatic carbocycles. The van der Waals surface area contributed by atoms with Crippen LogP contribution in [0.2, 0.25) is 0 Å². The predicted molar refractivity (Wildman–Crippen MR) is 110 cm³/mol. The predicted octanol–water partition coefficient (Wildman–Crippen LogP) is 4.49. The van der Waals surface area contributed by atoms with Crippen LogP contribution in [0.15, 0.2) is 36.4 Å². The molecule has 1 heterocycles. The van der Waals surface area contributed by atoms with Gasteiger partial charge >= 0.3 is 5.97 Å². The monoisotopic (exact) mass is 461 g/mol. The number of nitrogens with zero attached hydrogens (tertiary/aromatic N) is 2. The summed E-state index contributed by atoms with van der Waals surface area (Å²) in [5, 5.41) is 6.43. The maximum atomic E-state index is 13.8. The van der Waals surface area contributed by atoms with Gasteiger partial charge in [0.05, 0.1) is 11.4 Å². The van der Waals surface area contributed by atoms with E-state index >= 15 is 0 Å². The van der Waals surface area contributed by atoms with Crippen molar-refractivity contribution in [3.05, 3.63) is 76.6 Å². The van der Waals surface area contributed by atoms with Crippen LogP contribution in [-0.4, -0.2) is 27.8 Å². The van der Waals surface area contributed by atoms with Gasteiger partial charge in [0.25, 0.3) is 5.91 Å². The smallest absolute Gasteiger partial charge is 0.359 e. The summed E-state index contributed by atoms with van der Waals surface area (Å²) in [5.74, 6) is -6.88. The van der Waals surface area contributed by atoms with Gasteiger partial charge in [-0.25, -0.2) is 27.0 Å². The number of carbonyl (C=O) groups excluding carboxylic acids is 2. The van der Waals surface area contributed by atoms with E-state index in [4.69, 9.17) is 4.74 Å². The van der Waals surface area contributed by atoms with Gasteiger partial charge in [0.15, 0.2) is 29.2 Å². The van der Waals surface area contributed by atoms with Crippen LogP contribution in [0.1, 0.15) is 41.5 Å². The molecule has 4 rings (SSSR count). The fourth-order valence-corrected chi connectivity index (χ4v) is 3.69. The van der Waals surface area contributed by atoms with Crippen molar-refractivity contribution in [1.29, 1.82) is 0 Å². The number of ether oxygens (including phenoxy) is 1. The van der Waals surface area contributed by atoms with Crippen LogP contribution in [0.25, 0.3) is 5.69 Å². The lowest BCUT2D eigenvalue weighted by atomic mass is 9.95. The Kier molecular flexibility index (Phi) is 6.17. The molecule has 6 nitrogen and oxygen atoms in total. The number of carbonyl (C=O) groups is 2. The Morgan fingerprint density at radius 3 is 2.42 bits per heavy atom. The molecular formula is C23H19F4N3O3. The lowest BCUT2D eigenvalue weighted by Crippen LogP contribution is -2.31. The molecule has 1 amide bonds. The standard InChI is InChI=1S/C23H19F4N3O3/c1-12(22(31)28-17-11-10-16(25)19(26)20(17)27)33-23(32)21-15-4-2-3-5-18(15)30(29-21)14-8-6-13(24)7-9-14/h6-12H,2-5H2,1H3,(H,28,31)/t12-/m0/s1. The molecule has 0 bridgehead atoms. The summed E-state index contributed by atoms with van der Waals surface area (Å²) in [5.41, 5.74) is 1.52. The normalized spacial score (nSPS) is 13.8. The van der Waals surface area contributed by atoms with Crippen LogP contribution < -0.4 is 5.32 Å². The van der Waals surface area contributed by atoms with E-state index in [2.05, 4.69) is 10.4 Å². The van der Waals surface area contributed by atoms with E-state index in [1.807, 2.05) is 0 Å². The molecule has 0 aliphatic heterocycles. The largest absolute Gasteiger partial charge is 0.448 e. The molecule has 172 valence electrons. The van der Waals surface area contributed by atoms with E-state index in [0.29, 0.717) is 30.2 Å². The Balaban J connectivity index is 1.54. The molecule has 10 heteroatoms. The number of fused-ring (bicyclic) bond motifs is 1. The Labute approximate surface area is 186 Å². The molecule has 33 heavy (non-hydrogen) atoms. The maximum absolute atomic E-state index is 13.8. The first-order valence-corrected chi connectivity index (χ1v) is 10.3. The van der Waals surface area contributed by atoms with Crippen molar-refractivity contribution in [3.8, 4) is 5.69 Å². The highest BCUT2D eigenvalue weighted by Crippen LogP contribution is 2.28. The van der Waals surface area contributed by atoms with Gasteiger partial charge in [-0.15, -0.1) is 0 Å². The van der Waals surface area contributed by atoms with Crippen molar-refractivity contribution in [2.24, 2.45) is 0 Å². The molecule has 1 aliphatic rings. The van der Waals surface area contributed by atoms with Gasteiger partial charge in [-0.2, -0.15) is 5.10 Å². The number of halogens is 4. The second-order valence-electron chi connectivity index (χ2n) is 7.63. The Bertz CT molecular complexity index is 1220. The number of aromatic nitrogens is 2. The van der Waals surface area contributed by atoms with E-state index in [1.54, 1.807) is 16.8 Å². The van der Waals surface area contributed by atoms with Crippen molar-refractivity contribution in [3.63, 3.8) is 0 Å². The van der Waals surface area contributed by atoms with Gasteiger partial charge in [-0.05, 0) is 69.0 Å². The highest BCUT2D eigenvalue weighted by Gasteiger charge is 2.29.